The molecule has 0 aliphatic carbocycles. The van der Waals surface area contributed by atoms with E-state index >= 15 is 0 Å². The Bertz CT molecular complexity index is 1350. The Morgan fingerprint density at radius 3 is 2.68 bits per heavy atom. The van der Waals surface area contributed by atoms with Gasteiger partial charge in [-0.25, -0.2) is 23.5 Å². The molecule has 3 aromatic rings. The molecule has 13 heteroatoms. The van der Waals surface area contributed by atoms with E-state index < -0.39 is 12.5 Å². The number of carbonyl (C=O) groups excluding carboxylic acids is 1. The van der Waals surface area contributed by atoms with Gasteiger partial charge in [-0.1, -0.05) is 11.6 Å². The number of aromatic nitrogens is 5. The highest BCUT2D eigenvalue weighted by atomic mass is 35.5. The molecule has 0 radical (unpaired) electrons. The van der Waals surface area contributed by atoms with Crippen LogP contribution < -0.4 is 9.80 Å². The second kappa shape index (κ2) is 8.79. The SMILES string of the molecule is CCOC(=O)N1Cc2cc(Cl)ccc2-n2c(nnc2N2CC3(CN(c4nccc(C(F)F)n4)C3)C2)C1C. The van der Waals surface area contributed by atoms with Gasteiger partial charge in [0.15, 0.2) is 5.82 Å². The van der Waals surface area contributed by atoms with Gasteiger partial charge < -0.3 is 14.5 Å². The molecule has 2 aromatic heterocycles. The lowest BCUT2D eigenvalue weighted by atomic mass is 9.73. The maximum absolute atomic E-state index is 13.0. The first-order valence-corrected chi connectivity index (χ1v) is 12.4. The number of anilines is 2. The van der Waals surface area contributed by atoms with Crippen molar-refractivity contribution in [3.05, 3.63) is 52.6 Å². The molecule has 5 heterocycles. The lowest BCUT2D eigenvalue weighted by molar-refractivity contribution is 0.0888. The fourth-order valence-corrected chi connectivity index (χ4v) is 5.62. The van der Waals surface area contributed by atoms with Gasteiger partial charge in [-0.2, -0.15) is 0 Å². The number of fused-ring (bicyclic) bond motifs is 3. The molecule has 1 spiro atoms. The third kappa shape index (κ3) is 3.94. The highest BCUT2D eigenvalue weighted by Crippen LogP contribution is 2.44. The normalized spacial score (nSPS) is 19.7. The topological polar surface area (TPSA) is 92.5 Å². The van der Waals surface area contributed by atoms with Crippen molar-refractivity contribution in [3.63, 3.8) is 0 Å². The fourth-order valence-electron chi connectivity index (χ4n) is 5.43. The molecule has 10 nitrogen and oxygen atoms in total. The number of amides is 1. The molecule has 3 aliphatic heterocycles. The van der Waals surface area contributed by atoms with E-state index in [9.17, 15) is 13.6 Å². The third-order valence-electron chi connectivity index (χ3n) is 7.20. The zero-order valence-corrected chi connectivity index (χ0v) is 21.1. The van der Waals surface area contributed by atoms with Gasteiger partial charge in [0.05, 0.1) is 24.9 Å². The van der Waals surface area contributed by atoms with Crippen LogP contribution >= 0.6 is 11.6 Å². The van der Waals surface area contributed by atoms with Gasteiger partial charge in [-0.3, -0.25) is 9.47 Å². The summed E-state index contributed by atoms with van der Waals surface area (Å²) in [5, 5.41) is 9.57. The van der Waals surface area contributed by atoms with Crippen LogP contribution in [0.25, 0.3) is 5.69 Å². The standard InChI is InChI=1S/C24H25ClF2N8O2/c1-3-37-23(36)34-9-15-8-16(25)4-5-18(15)35-20(14(34)2)30-31-22(35)33-12-24(13-33)10-32(11-24)21-28-7-6-17(29-21)19(26)27/h4-8,14,19H,3,9-13H2,1-2H3. The van der Waals surface area contributed by atoms with Crippen molar-refractivity contribution in [2.45, 2.75) is 32.9 Å². The van der Waals surface area contributed by atoms with Gasteiger partial charge in [-0.05, 0) is 43.7 Å². The summed E-state index contributed by atoms with van der Waals surface area (Å²) in [5.74, 6) is 1.66. The smallest absolute Gasteiger partial charge is 0.410 e. The highest BCUT2D eigenvalue weighted by Gasteiger charge is 2.54. The molecule has 1 amide bonds. The fraction of sp³-hybridized carbons (Fsp3) is 0.458. The number of halogens is 3. The van der Waals surface area contributed by atoms with Gasteiger partial charge in [0.25, 0.3) is 6.43 Å². The molecule has 3 aliphatic rings. The van der Waals surface area contributed by atoms with Crippen molar-refractivity contribution < 1.29 is 18.3 Å². The van der Waals surface area contributed by atoms with Crippen molar-refractivity contribution in [1.29, 1.82) is 0 Å². The molecule has 1 aromatic carbocycles. The second-order valence-corrected chi connectivity index (χ2v) is 10.2. The summed E-state index contributed by atoms with van der Waals surface area (Å²) in [6.07, 6.45) is -1.67. The predicted molar refractivity (Wildman–Crippen MR) is 131 cm³/mol. The monoisotopic (exact) mass is 530 g/mol. The first kappa shape index (κ1) is 23.8. The number of rotatable bonds is 4. The molecule has 2 fully saturated rings. The lowest BCUT2D eigenvalue weighted by Crippen LogP contribution is -2.73. The maximum Gasteiger partial charge on any atom is 0.410 e. The molecule has 1 atom stereocenters. The Morgan fingerprint density at radius 1 is 1.19 bits per heavy atom. The number of hydrogen-bond acceptors (Lipinski definition) is 8. The number of alkyl halides is 2. The van der Waals surface area contributed by atoms with Gasteiger partial charge in [0.1, 0.15) is 5.69 Å². The quantitative estimate of drug-likeness (QED) is 0.499. The summed E-state index contributed by atoms with van der Waals surface area (Å²) in [7, 11) is 0. The Balaban J connectivity index is 1.25. The molecule has 0 N–H and O–H groups in total. The van der Waals surface area contributed by atoms with Gasteiger partial charge in [-0.15, -0.1) is 10.2 Å². The van der Waals surface area contributed by atoms with E-state index in [4.69, 9.17) is 16.3 Å². The summed E-state index contributed by atoms with van der Waals surface area (Å²) < 4.78 is 33.4. The Labute approximate surface area is 216 Å². The van der Waals surface area contributed by atoms with E-state index in [1.807, 2.05) is 34.6 Å². The number of benzene rings is 1. The predicted octanol–water partition coefficient (Wildman–Crippen LogP) is 4.01. The number of hydrogen-bond donors (Lipinski definition) is 0. The second-order valence-electron chi connectivity index (χ2n) is 9.76. The summed E-state index contributed by atoms with van der Waals surface area (Å²) >= 11 is 6.31. The van der Waals surface area contributed by atoms with Crippen molar-refractivity contribution in [2.75, 3.05) is 42.6 Å². The van der Waals surface area contributed by atoms with Crippen LogP contribution in [0.5, 0.6) is 0 Å². The Hall–Kier alpha value is -3.54. The minimum absolute atomic E-state index is 0.00667. The molecule has 37 heavy (non-hydrogen) atoms. The number of nitrogens with zero attached hydrogens (tertiary/aromatic N) is 8. The molecule has 1 unspecified atom stereocenters. The first-order chi connectivity index (χ1) is 17.8. The highest BCUT2D eigenvalue weighted by molar-refractivity contribution is 6.30. The van der Waals surface area contributed by atoms with Gasteiger partial charge in [0, 0.05) is 42.8 Å². The molecular weight excluding hydrogens is 506 g/mol. The molecule has 6 rings (SSSR count). The summed E-state index contributed by atoms with van der Waals surface area (Å²) in [5.41, 5.74) is 1.48. The van der Waals surface area contributed by atoms with Crippen LogP contribution in [0.1, 0.15) is 43.4 Å². The largest absolute Gasteiger partial charge is 0.450 e. The van der Waals surface area contributed by atoms with Crippen LogP contribution in [0.2, 0.25) is 5.02 Å². The minimum Gasteiger partial charge on any atom is -0.450 e. The van der Waals surface area contributed by atoms with Gasteiger partial charge in [0.2, 0.25) is 11.9 Å². The summed E-state index contributed by atoms with van der Waals surface area (Å²) in [6.45, 7) is 7.09. The van der Waals surface area contributed by atoms with Crippen molar-refractivity contribution in [1.82, 2.24) is 29.6 Å². The zero-order valence-electron chi connectivity index (χ0n) is 20.3. The minimum atomic E-state index is -2.63. The first-order valence-electron chi connectivity index (χ1n) is 12.1. The van der Waals surface area contributed by atoms with Crippen LogP contribution in [0.3, 0.4) is 0 Å². The average molecular weight is 531 g/mol. The Morgan fingerprint density at radius 2 is 1.95 bits per heavy atom. The van der Waals surface area contributed by atoms with Crippen LogP contribution in [0.4, 0.5) is 25.5 Å². The third-order valence-corrected chi connectivity index (χ3v) is 7.43. The molecule has 0 bridgehead atoms. The zero-order chi connectivity index (χ0) is 25.9. The van der Waals surface area contributed by atoms with E-state index in [2.05, 4.69) is 25.1 Å². The van der Waals surface area contributed by atoms with Crippen molar-refractivity contribution in [2.24, 2.45) is 5.41 Å². The van der Waals surface area contributed by atoms with E-state index in [1.165, 1.54) is 12.3 Å². The van der Waals surface area contributed by atoms with Crippen LogP contribution in [-0.2, 0) is 11.3 Å². The summed E-state index contributed by atoms with van der Waals surface area (Å²) in [6, 6.07) is 6.45. The average Bonchev–Trinajstić information content (AvgIpc) is 3.20. The number of carbonyl (C=O) groups is 1. The van der Waals surface area contributed by atoms with E-state index in [0.29, 0.717) is 42.4 Å². The summed E-state index contributed by atoms with van der Waals surface area (Å²) in [4.78, 5) is 26.6. The van der Waals surface area contributed by atoms with Crippen LogP contribution in [0, 0.1) is 5.41 Å². The van der Waals surface area contributed by atoms with Crippen molar-refractivity contribution >= 4 is 29.6 Å². The molecular formula is C24H25ClF2N8O2. The van der Waals surface area contributed by atoms with E-state index in [0.717, 1.165) is 24.3 Å². The van der Waals surface area contributed by atoms with Crippen molar-refractivity contribution in [3.8, 4) is 5.69 Å². The van der Waals surface area contributed by atoms with E-state index in [1.54, 1.807) is 11.8 Å². The van der Waals surface area contributed by atoms with Crippen LogP contribution in [0.15, 0.2) is 30.5 Å². The lowest BCUT2D eigenvalue weighted by Gasteiger charge is -2.60. The Kier molecular flexibility index (Phi) is 5.66. The molecule has 194 valence electrons. The maximum atomic E-state index is 13.0. The molecule has 0 saturated carbocycles. The van der Waals surface area contributed by atoms with Crippen LogP contribution in [-0.4, -0.2) is 68.5 Å². The molecule has 2 saturated heterocycles. The van der Waals surface area contributed by atoms with E-state index in [-0.39, 0.29) is 23.8 Å². The van der Waals surface area contributed by atoms with Gasteiger partial charge >= 0.3 is 6.09 Å². The number of ether oxygens (including phenoxy) is 1.